The van der Waals surface area contributed by atoms with Crippen molar-refractivity contribution in [2.45, 2.75) is 30.5 Å². The molecule has 168 valence electrons. The van der Waals surface area contributed by atoms with Crippen molar-refractivity contribution in [2.24, 2.45) is 5.41 Å². The lowest BCUT2D eigenvalue weighted by Gasteiger charge is -2.38. The van der Waals surface area contributed by atoms with Crippen molar-refractivity contribution in [2.75, 3.05) is 31.1 Å². The maximum Gasteiger partial charge on any atom is 0.573 e. The maximum atomic E-state index is 12.9. The monoisotopic (exact) mass is 475 g/mol. The summed E-state index contributed by atoms with van der Waals surface area (Å²) in [6.07, 6.45) is 0.307. The number of hydrogen-bond donors (Lipinski definition) is 0. The molecular formula is C20H21ClF3N3O3S. The summed E-state index contributed by atoms with van der Waals surface area (Å²) >= 11 is 6.06. The first-order chi connectivity index (χ1) is 14.6. The van der Waals surface area contributed by atoms with E-state index in [2.05, 4.69) is 14.6 Å². The van der Waals surface area contributed by atoms with Gasteiger partial charge in [0.15, 0.2) is 0 Å². The molecule has 1 aromatic carbocycles. The number of sulfonamides is 1. The van der Waals surface area contributed by atoms with Crippen LogP contribution in [0.25, 0.3) is 0 Å². The normalized spacial score (nSPS) is 19.7. The van der Waals surface area contributed by atoms with Gasteiger partial charge in [-0.3, -0.25) is 4.98 Å². The minimum Gasteiger partial charge on any atom is -0.406 e. The Labute approximate surface area is 183 Å². The van der Waals surface area contributed by atoms with Gasteiger partial charge in [0.05, 0.1) is 5.02 Å². The smallest absolute Gasteiger partial charge is 0.406 e. The molecule has 0 radical (unpaired) electrons. The van der Waals surface area contributed by atoms with Crippen LogP contribution in [-0.4, -0.2) is 50.2 Å². The first-order valence-electron chi connectivity index (χ1n) is 9.79. The highest BCUT2D eigenvalue weighted by Crippen LogP contribution is 2.43. The minimum atomic E-state index is -4.71. The van der Waals surface area contributed by atoms with Crippen LogP contribution >= 0.6 is 11.6 Å². The molecule has 0 unspecified atom stereocenters. The fourth-order valence-corrected chi connectivity index (χ4v) is 6.16. The molecule has 0 amide bonds. The van der Waals surface area contributed by atoms with Gasteiger partial charge in [-0.15, -0.1) is 13.2 Å². The van der Waals surface area contributed by atoms with E-state index in [4.69, 9.17) is 11.6 Å². The van der Waals surface area contributed by atoms with Crippen LogP contribution in [0.15, 0.2) is 47.6 Å². The third-order valence-electron chi connectivity index (χ3n) is 6.01. The molecule has 0 saturated carbocycles. The Balaban J connectivity index is 1.39. The van der Waals surface area contributed by atoms with Gasteiger partial charge in [-0.1, -0.05) is 11.6 Å². The maximum absolute atomic E-state index is 12.9. The summed E-state index contributed by atoms with van der Waals surface area (Å²) in [4.78, 5) is 6.02. The van der Waals surface area contributed by atoms with Crippen LogP contribution in [0.3, 0.4) is 0 Å². The van der Waals surface area contributed by atoms with E-state index in [9.17, 15) is 21.6 Å². The summed E-state index contributed by atoms with van der Waals surface area (Å²) in [5, 5.41) is 0.153. The molecule has 0 aliphatic carbocycles. The molecular weight excluding hydrogens is 455 g/mol. The summed E-state index contributed by atoms with van der Waals surface area (Å²) in [6.45, 7) is 2.27. The van der Waals surface area contributed by atoms with E-state index >= 15 is 0 Å². The number of ether oxygens (including phenoxy) is 1. The predicted molar refractivity (Wildman–Crippen MR) is 110 cm³/mol. The number of benzene rings is 1. The molecule has 0 bridgehead atoms. The van der Waals surface area contributed by atoms with Crippen LogP contribution in [0.4, 0.5) is 18.9 Å². The molecule has 2 aliphatic heterocycles. The first-order valence-corrected chi connectivity index (χ1v) is 11.6. The van der Waals surface area contributed by atoms with Gasteiger partial charge in [0, 0.05) is 44.3 Å². The van der Waals surface area contributed by atoms with E-state index < -0.39 is 16.4 Å². The Morgan fingerprint density at radius 2 is 1.68 bits per heavy atom. The average molecular weight is 476 g/mol. The highest BCUT2D eigenvalue weighted by molar-refractivity contribution is 7.89. The largest absolute Gasteiger partial charge is 0.573 e. The molecule has 3 heterocycles. The zero-order valence-electron chi connectivity index (χ0n) is 16.5. The van der Waals surface area contributed by atoms with Crippen molar-refractivity contribution < 1.29 is 26.3 Å². The Morgan fingerprint density at radius 1 is 1.03 bits per heavy atom. The van der Waals surface area contributed by atoms with E-state index in [-0.39, 0.29) is 21.1 Å². The van der Waals surface area contributed by atoms with Crippen LogP contribution in [0.5, 0.6) is 5.75 Å². The lowest BCUT2D eigenvalue weighted by molar-refractivity contribution is -0.274. The van der Waals surface area contributed by atoms with Crippen molar-refractivity contribution in [1.29, 1.82) is 0 Å². The summed E-state index contributed by atoms with van der Waals surface area (Å²) in [5.74, 6) is -0.252. The number of anilines is 1. The molecule has 11 heteroatoms. The lowest BCUT2D eigenvalue weighted by Crippen LogP contribution is -2.44. The van der Waals surface area contributed by atoms with Gasteiger partial charge >= 0.3 is 6.36 Å². The predicted octanol–water partition coefficient (Wildman–Crippen LogP) is 4.31. The average Bonchev–Trinajstić information content (AvgIpc) is 3.11. The third-order valence-corrected chi connectivity index (χ3v) is 8.38. The highest BCUT2D eigenvalue weighted by atomic mass is 35.5. The van der Waals surface area contributed by atoms with Crippen molar-refractivity contribution in [3.8, 4) is 5.75 Å². The van der Waals surface area contributed by atoms with Gasteiger partial charge in [-0.2, -0.15) is 4.31 Å². The number of halogens is 4. The van der Waals surface area contributed by atoms with Gasteiger partial charge in [-0.05, 0) is 55.0 Å². The molecule has 1 spiro atoms. The Kier molecular flexibility index (Phi) is 5.82. The van der Waals surface area contributed by atoms with E-state index in [0.717, 1.165) is 25.2 Å². The second-order valence-electron chi connectivity index (χ2n) is 7.92. The van der Waals surface area contributed by atoms with Crippen molar-refractivity contribution in [3.63, 3.8) is 0 Å². The number of rotatable bonds is 4. The van der Waals surface area contributed by atoms with Crippen LogP contribution in [0.2, 0.25) is 5.02 Å². The quantitative estimate of drug-likeness (QED) is 0.659. The van der Waals surface area contributed by atoms with Crippen LogP contribution in [0, 0.1) is 5.41 Å². The standard InChI is InChI=1S/C20H21ClF3N3O3S/c21-17-5-9-25-13-18(17)31(28,29)27-11-7-19(8-12-27)6-10-26(14-19)15-1-3-16(4-2-15)30-20(22,23)24/h1-5,9,13H,6-8,10-12,14H2. The summed E-state index contributed by atoms with van der Waals surface area (Å²) in [7, 11) is -3.70. The number of piperidine rings is 1. The third kappa shape index (κ3) is 4.75. The molecule has 0 atom stereocenters. The fourth-order valence-electron chi connectivity index (χ4n) is 4.32. The van der Waals surface area contributed by atoms with Crippen molar-refractivity contribution in [1.82, 2.24) is 9.29 Å². The second-order valence-corrected chi connectivity index (χ2v) is 10.2. The van der Waals surface area contributed by atoms with E-state index in [1.54, 1.807) is 12.1 Å². The SMILES string of the molecule is O=S(=O)(c1cnccc1Cl)N1CCC2(CCN(c3ccc(OC(F)(F)F)cc3)C2)CC1. The van der Waals surface area contributed by atoms with Gasteiger partial charge < -0.3 is 9.64 Å². The fraction of sp³-hybridized carbons (Fsp3) is 0.450. The zero-order valence-corrected chi connectivity index (χ0v) is 18.1. The molecule has 2 fully saturated rings. The van der Waals surface area contributed by atoms with Crippen LogP contribution < -0.4 is 9.64 Å². The minimum absolute atomic E-state index is 0.0156. The molecule has 0 N–H and O–H groups in total. The Morgan fingerprint density at radius 3 is 2.29 bits per heavy atom. The number of aromatic nitrogens is 1. The van der Waals surface area contributed by atoms with Gasteiger partial charge in [0.1, 0.15) is 10.6 Å². The van der Waals surface area contributed by atoms with Crippen molar-refractivity contribution in [3.05, 3.63) is 47.7 Å². The number of nitrogens with zero attached hydrogens (tertiary/aromatic N) is 3. The molecule has 4 rings (SSSR count). The second kappa shape index (κ2) is 8.14. The Bertz CT molecular complexity index is 1040. The first kappa shape index (κ1) is 22.2. The van der Waals surface area contributed by atoms with Gasteiger partial charge in [0.2, 0.25) is 10.0 Å². The van der Waals surface area contributed by atoms with Crippen LogP contribution in [-0.2, 0) is 10.0 Å². The van der Waals surface area contributed by atoms with E-state index in [0.29, 0.717) is 25.9 Å². The summed E-state index contributed by atoms with van der Waals surface area (Å²) in [5.41, 5.74) is 0.801. The van der Waals surface area contributed by atoms with Crippen LogP contribution in [0.1, 0.15) is 19.3 Å². The highest BCUT2D eigenvalue weighted by Gasteiger charge is 2.43. The summed E-state index contributed by atoms with van der Waals surface area (Å²) < 4.78 is 68.2. The molecule has 2 aliphatic rings. The van der Waals surface area contributed by atoms with Gasteiger partial charge in [0.25, 0.3) is 0 Å². The molecule has 1 aromatic heterocycles. The van der Waals surface area contributed by atoms with Gasteiger partial charge in [-0.25, -0.2) is 8.42 Å². The zero-order chi connectivity index (χ0) is 22.3. The number of pyridine rings is 1. The lowest BCUT2D eigenvalue weighted by atomic mass is 9.78. The van der Waals surface area contributed by atoms with Crippen molar-refractivity contribution >= 4 is 27.3 Å². The number of alkyl halides is 3. The van der Waals surface area contributed by atoms with E-state index in [1.165, 1.54) is 34.9 Å². The molecule has 6 nitrogen and oxygen atoms in total. The molecule has 2 saturated heterocycles. The molecule has 31 heavy (non-hydrogen) atoms. The van der Waals surface area contributed by atoms with E-state index in [1.807, 2.05) is 0 Å². The Hall–Kier alpha value is -2.04. The summed E-state index contributed by atoms with van der Waals surface area (Å²) in [6, 6.07) is 7.30. The molecule has 2 aromatic rings. The number of hydrogen-bond acceptors (Lipinski definition) is 5. The topological polar surface area (TPSA) is 62.7 Å².